The molecule has 2 heterocycles. The van der Waals surface area contributed by atoms with E-state index < -0.39 is 18.5 Å². The van der Waals surface area contributed by atoms with Crippen LogP contribution >= 0.6 is 11.6 Å². The van der Waals surface area contributed by atoms with Crippen molar-refractivity contribution < 1.29 is 23.9 Å². The Labute approximate surface area is 165 Å². The van der Waals surface area contributed by atoms with E-state index in [1.54, 1.807) is 40.9 Å². The molecule has 0 atom stereocenters. The monoisotopic (exact) mass is 400 g/mol. The van der Waals surface area contributed by atoms with Crippen molar-refractivity contribution in [2.24, 2.45) is 0 Å². The number of ketones is 1. The highest BCUT2D eigenvalue weighted by Crippen LogP contribution is 2.27. The summed E-state index contributed by atoms with van der Waals surface area (Å²) < 4.78 is 11.8. The maximum absolute atomic E-state index is 12.4. The van der Waals surface area contributed by atoms with Crippen LogP contribution < -0.4 is 10.1 Å². The van der Waals surface area contributed by atoms with Gasteiger partial charge in [0.15, 0.2) is 12.4 Å². The topological polar surface area (TPSA) is 86.1 Å². The minimum Gasteiger partial charge on any atom is -0.495 e. The molecule has 0 spiro atoms. The molecule has 1 aromatic carbocycles. The summed E-state index contributed by atoms with van der Waals surface area (Å²) in [4.78, 5) is 36.3. The molecule has 28 heavy (non-hydrogen) atoms. The van der Waals surface area contributed by atoms with Crippen molar-refractivity contribution in [3.05, 3.63) is 64.9 Å². The number of halogens is 1. The van der Waals surface area contributed by atoms with Crippen LogP contribution in [-0.4, -0.2) is 35.8 Å². The van der Waals surface area contributed by atoms with Gasteiger partial charge in [-0.15, -0.1) is 0 Å². The molecule has 0 unspecified atom stereocenters. The predicted octanol–water partition coefficient (Wildman–Crippen LogP) is 3.60. The third kappa shape index (κ3) is 3.99. The van der Waals surface area contributed by atoms with Crippen molar-refractivity contribution in [3.8, 4) is 5.75 Å². The van der Waals surface area contributed by atoms with Gasteiger partial charge in [0.05, 0.1) is 28.9 Å². The number of Topliss-reactive ketones (excluding diaryl/α,β-unsaturated/α-hetero) is 1. The molecule has 0 bridgehead atoms. The molecule has 0 saturated heterocycles. The molecule has 144 valence electrons. The number of anilines is 1. The normalized spacial score (nSPS) is 10.5. The summed E-state index contributed by atoms with van der Waals surface area (Å²) in [5.41, 5.74) is 1.55. The van der Waals surface area contributed by atoms with E-state index in [0.29, 0.717) is 27.7 Å². The summed E-state index contributed by atoms with van der Waals surface area (Å²) >= 11 is 6.01. The summed E-state index contributed by atoms with van der Waals surface area (Å²) in [6, 6.07) is 11.4. The molecule has 0 radical (unpaired) electrons. The van der Waals surface area contributed by atoms with E-state index in [2.05, 4.69) is 5.32 Å². The van der Waals surface area contributed by atoms with Crippen molar-refractivity contribution in [1.82, 2.24) is 4.40 Å². The second-order valence-corrected chi connectivity index (χ2v) is 6.34. The van der Waals surface area contributed by atoms with Crippen molar-refractivity contribution >= 4 is 40.5 Å². The molecule has 1 N–H and O–H groups in total. The van der Waals surface area contributed by atoms with Crippen LogP contribution in [-0.2, 0) is 9.53 Å². The van der Waals surface area contributed by atoms with Crippen LogP contribution in [0, 0.1) is 0 Å². The number of esters is 1. The Morgan fingerprint density at radius 2 is 1.93 bits per heavy atom. The van der Waals surface area contributed by atoms with E-state index >= 15 is 0 Å². The number of aromatic nitrogens is 1. The van der Waals surface area contributed by atoms with Crippen LogP contribution in [0.3, 0.4) is 0 Å². The highest BCUT2D eigenvalue weighted by atomic mass is 35.5. The van der Waals surface area contributed by atoms with Gasteiger partial charge in [-0.25, -0.2) is 4.79 Å². The van der Waals surface area contributed by atoms with Gasteiger partial charge < -0.3 is 19.2 Å². The highest BCUT2D eigenvalue weighted by molar-refractivity contribution is 6.32. The Morgan fingerprint density at radius 1 is 1.14 bits per heavy atom. The zero-order chi connectivity index (χ0) is 20.3. The molecule has 2 aromatic heterocycles. The molecule has 0 aliphatic rings. The standard InChI is InChI=1S/C20H17ClN2O5/c1-12(24)17-10-14(16-5-3-4-8-23(16)17)20(26)28-11-19(25)22-13-6-7-18(27-2)15(21)9-13/h3-10H,11H2,1-2H3,(H,22,25). The summed E-state index contributed by atoms with van der Waals surface area (Å²) in [5, 5.41) is 2.93. The molecule has 7 nitrogen and oxygen atoms in total. The largest absolute Gasteiger partial charge is 0.495 e. The van der Waals surface area contributed by atoms with E-state index in [0.717, 1.165) is 0 Å². The SMILES string of the molecule is COc1ccc(NC(=O)COC(=O)c2cc(C(C)=O)n3ccccc23)cc1Cl. The Morgan fingerprint density at radius 3 is 2.61 bits per heavy atom. The predicted molar refractivity (Wildman–Crippen MR) is 104 cm³/mol. The van der Waals surface area contributed by atoms with Gasteiger partial charge in [0.25, 0.3) is 5.91 Å². The van der Waals surface area contributed by atoms with Gasteiger partial charge in [-0.05, 0) is 36.4 Å². The number of nitrogens with zero attached hydrogens (tertiary/aromatic N) is 1. The van der Waals surface area contributed by atoms with Crippen molar-refractivity contribution in [2.75, 3.05) is 19.0 Å². The van der Waals surface area contributed by atoms with E-state index in [1.807, 2.05) is 0 Å². The number of pyridine rings is 1. The third-order valence-corrected chi connectivity index (χ3v) is 4.32. The van der Waals surface area contributed by atoms with Crippen LogP contribution in [0.4, 0.5) is 5.69 Å². The minimum atomic E-state index is -0.695. The van der Waals surface area contributed by atoms with Crippen LogP contribution in [0.5, 0.6) is 5.75 Å². The number of carbonyl (C=O) groups is 3. The first-order valence-electron chi connectivity index (χ1n) is 8.32. The van der Waals surface area contributed by atoms with Crippen molar-refractivity contribution in [1.29, 1.82) is 0 Å². The Bertz CT molecular complexity index is 1070. The van der Waals surface area contributed by atoms with Gasteiger partial charge in [0, 0.05) is 18.8 Å². The second-order valence-electron chi connectivity index (χ2n) is 5.93. The first kappa shape index (κ1) is 19.4. The molecular weight excluding hydrogens is 384 g/mol. The van der Waals surface area contributed by atoms with Crippen LogP contribution in [0.15, 0.2) is 48.7 Å². The van der Waals surface area contributed by atoms with Gasteiger partial charge in [-0.3, -0.25) is 9.59 Å². The minimum absolute atomic E-state index is 0.186. The van der Waals surface area contributed by atoms with E-state index in [9.17, 15) is 14.4 Å². The number of rotatable bonds is 6. The van der Waals surface area contributed by atoms with Gasteiger partial charge in [0.2, 0.25) is 0 Å². The number of fused-ring (bicyclic) bond motifs is 1. The Kier molecular flexibility index (Phi) is 5.65. The quantitative estimate of drug-likeness (QED) is 0.504. The molecular formula is C20H17ClN2O5. The number of benzene rings is 1. The summed E-state index contributed by atoms with van der Waals surface area (Å²) in [7, 11) is 1.49. The third-order valence-electron chi connectivity index (χ3n) is 4.03. The smallest absolute Gasteiger partial charge is 0.340 e. The first-order chi connectivity index (χ1) is 13.4. The fraction of sp³-hybridized carbons (Fsp3) is 0.150. The summed E-state index contributed by atoms with van der Waals surface area (Å²) in [6.07, 6.45) is 1.68. The number of hydrogen-bond donors (Lipinski definition) is 1. The zero-order valence-corrected chi connectivity index (χ0v) is 15.9. The molecule has 0 aliphatic carbocycles. The fourth-order valence-corrected chi connectivity index (χ4v) is 3.00. The van der Waals surface area contributed by atoms with Crippen LogP contribution in [0.25, 0.3) is 5.52 Å². The van der Waals surface area contributed by atoms with Crippen molar-refractivity contribution in [3.63, 3.8) is 0 Å². The van der Waals surface area contributed by atoms with Gasteiger partial charge in [-0.1, -0.05) is 17.7 Å². The molecule has 8 heteroatoms. The van der Waals surface area contributed by atoms with E-state index in [1.165, 1.54) is 26.2 Å². The van der Waals surface area contributed by atoms with Gasteiger partial charge >= 0.3 is 5.97 Å². The number of hydrogen-bond acceptors (Lipinski definition) is 5. The second kappa shape index (κ2) is 8.14. The molecule has 3 rings (SSSR count). The molecule has 1 amide bonds. The van der Waals surface area contributed by atoms with E-state index in [4.69, 9.17) is 21.1 Å². The fourth-order valence-electron chi connectivity index (χ4n) is 2.74. The molecule has 3 aromatic rings. The zero-order valence-electron chi connectivity index (χ0n) is 15.2. The van der Waals surface area contributed by atoms with Crippen molar-refractivity contribution in [2.45, 2.75) is 6.92 Å². The number of ether oxygens (including phenoxy) is 2. The Balaban J connectivity index is 1.69. The Hall–Kier alpha value is -3.32. The van der Waals surface area contributed by atoms with Gasteiger partial charge in [0.1, 0.15) is 5.75 Å². The number of methoxy groups -OCH3 is 1. The lowest BCUT2D eigenvalue weighted by molar-refractivity contribution is -0.119. The van der Waals surface area contributed by atoms with Crippen LogP contribution in [0.1, 0.15) is 27.8 Å². The number of carbonyl (C=O) groups excluding carboxylic acids is 3. The van der Waals surface area contributed by atoms with E-state index in [-0.39, 0.29) is 11.3 Å². The van der Waals surface area contributed by atoms with Crippen LogP contribution in [0.2, 0.25) is 5.02 Å². The lowest BCUT2D eigenvalue weighted by Crippen LogP contribution is -2.20. The summed E-state index contributed by atoms with van der Waals surface area (Å²) in [5.74, 6) is -0.925. The lowest BCUT2D eigenvalue weighted by Gasteiger charge is -2.08. The number of amides is 1. The summed E-state index contributed by atoms with van der Waals surface area (Å²) in [6.45, 7) is 0.930. The first-order valence-corrected chi connectivity index (χ1v) is 8.70. The average molecular weight is 401 g/mol. The maximum Gasteiger partial charge on any atom is 0.340 e. The average Bonchev–Trinajstić information content (AvgIpc) is 3.06. The molecule has 0 aliphatic heterocycles. The number of nitrogens with one attached hydrogen (secondary N) is 1. The highest BCUT2D eigenvalue weighted by Gasteiger charge is 2.19. The van der Waals surface area contributed by atoms with Gasteiger partial charge in [-0.2, -0.15) is 0 Å². The lowest BCUT2D eigenvalue weighted by atomic mass is 10.2. The maximum atomic E-state index is 12.4. The molecule has 0 saturated carbocycles. The molecule has 0 fully saturated rings.